The maximum atomic E-state index is 10.8. The van der Waals surface area contributed by atoms with Crippen molar-refractivity contribution in [3.8, 4) is 0 Å². The molecule has 0 atom stereocenters. The number of hydrogen-bond acceptors (Lipinski definition) is 11. The lowest BCUT2D eigenvalue weighted by Gasteiger charge is -2.08. The van der Waals surface area contributed by atoms with Gasteiger partial charge in [-0.3, -0.25) is 0 Å². The van der Waals surface area contributed by atoms with Crippen LogP contribution in [-0.4, -0.2) is 132 Å². The Morgan fingerprint density at radius 1 is 0.429 bits per heavy atom. The second-order valence-electron chi connectivity index (χ2n) is 6.63. The Morgan fingerprint density at radius 3 is 0.943 bits per heavy atom. The van der Waals surface area contributed by atoms with Gasteiger partial charge in [0.15, 0.2) is 0 Å². The molecule has 0 aromatic heterocycles. The van der Waals surface area contributed by atoms with Gasteiger partial charge in [0.1, 0.15) is 6.61 Å². The minimum absolute atomic E-state index is 0.202. The van der Waals surface area contributed by atoms with E-state index in [1.165, 1.54) is 0 Å². The molecule has 0 bridgehead atoms. The van der Waals surface area contributed by atoms with Crippen molar-refractivity contribution in [1.29, 1.82) is 0 Å². The van der Waals surface area contributed by atoms with Crippen molar-refractivity contribution < 1.29 is 52.2 Å². The molecule has 0 aromatic carbocycles. The van der Waals surface area contributed by atoms with Crippen molar-refractivity contribution in [2.75, 3.05) is 126 Å². The molecule has 0 fully saturated rings. The molecule has 0 saturated heterocycles. The normalized spacial score (nSPS) is 11.0. The van der Waals surface area contributed by atoms with E-state index in [-0.39, 0.29) is 6.61 Å². The van der Waals surface area contributed by atoms with Crippen molar-refractivity contribution >= 4 is 5.97 Å². The van der Waals surface area contributed by atoms with Crippen LogP contribution in [0.25, 0.3) is 0 Å². The van der Waals surface area contributed by atoms with Crippen LogP contribution in [0.2, 0.25) is 0 Å². The van der Waals surface area contributed by atoms with Gasteiger partial charge in [0.05, 0.1) is 119 Å². The molecule has 0 aliphatic heterocycles. The third-order valence-corrected chi connectivity index (χ3v) is 3.85. The molecule has 0 radical (unpaired) electrons. The minimum atomic E-state index is -0.457. The number of carbonyl (C=O) groups excluding carboxylic acids is 1. The van der Waals surface area contributed by atoms with Crippen LogP contribution in [0.5, 0.6) is 0 Å². The summed E-state index contributed by atoms with van der Waals surface area (Å²) in [7, 11) is 0. The standard InChI is InChI=1S/C24H44O11/c1-3-5-26-6-7-27-8-9-28-10-11-29-12-13-30-14-15-31-16-17-32-18-19-33-20-21-34-22-23-35-24(25)4-2/h3-4H,1-2,5-23H2. The fourth-order valence-corrected chi connectivity index (χ4v) is 2.19. The van der Waals surface area contributed by atoms with E-state index in [4.69, 9.17) is 47.4 Å². The zero-order valence-electron chi connectivity index (χ0n) is 21.0. The molecule has 0 N–H and O–H groups in total. The quantitative estimate of drug-likeness (QED) is 0.0601. The van der Waals surface area contributed by atoms with Gasteiger partial charge < -0.3 is 47.4 Å². The molecular weight excluding hydrogens is 464 g/mol. The van der Waals surface area contributed by atoms with Gasteiger partial charge in [0, 0.05) is 6.08 Å². The van der Waals surface area contributed by atoms with Gasteiger partial charge in [-0.05, 0) is 0 Å². The maximum absolute atomic E-state index is 10.8. The predicted octanol–water partition coefficient (Wildman–Crippen LogP) is 1.05. The molecule has 0 amide bonds. The van der Waals surface area contributed by atoms with E-state index in [2.05, 4.69) is 13.2 Å². The summed E-state index contributed by atoms with van der Waals surface area (Å²) < 4.78 is 53.0. The lowest BCUT2D eigenvalue weighted by molar-refractivity contribution is -0.139. The Bertz CT molecular complexity index is 463. The summed E-state index contributed by atoms with van der Waals surface area (Å²) in [5.41, 5.74) is 0. The zero-order chi connectivity index (χ0) is 25.5. The molecule has 206 valence electrons. The number of ether oxygens (including phenoxy) is 10. The second kappa shape index (κ2) is 30.6. The van der Waals surface area contributed by atoms with Crippen molar-refractivity contribution in [3.05, 3.63) is 25.3 Å². The molecule has 0 heterocycles. The monoisotopic (exact) mass is 508 g/mol. The summed E-state index contributed by atoms with van der Waals surface area (Å²) in [6, 6.07) is 0. The van der Waals surface area contributed by atoms with Gasteiger partial charge in [-0.2, -0.15) is 0 Å². The van der Waals surface area contributed by atoms with Crippen LogP contribution in [0, 0.1) is 0 Å². The average molecular weight is 509 g/mol. The lowest BCUT2D eigenvalue weighted by Crippen LogP contribution is -2.15. The Labute approximate surface area is 209 Å². The molecule has 0 aromatic rings. The lowest BCUT2D eigenvalue weighted by atomic mass is 10.6. The van der Waals surface area contributed by atoms with E-state index in [1.807, 2.05) is 0 Å². The Balaban J connectivity index is 3.03. The number of esters is 1. The smallest absolute Gasteiger partial charge is 0.330 e. The second-order valence-corrected chi connectivity index (χ2v) is 6.63. The Kier molecular flexibility index (Phi) is 29.4. The summed E-state index contributed by atoms with van der Waals surface area (Å²) in [5, 5.41) is 0. The van der Waals surface area contributed by atoms with Gasteiger partial charge in [0.25, 0.3) is 0 Å². The fourth-order valence-electron chi connectivity index (χ4n) is 2.19. The zero-order valence-corrected chi connectivity index (χ0v) is 21.0. The highest BCUT2D eigenvalue weighted by Crippen LogP contribution is 1.87. The van der Waals surface area contributed by atoms with Crippen LogP contribution >= 0.6 is 0 Å². The van der Waals surface area contributed by atoms with Crippen LogP contribution in [0.4, 0.5) is 0 Å². The van der Waals surface area contributed by atoms with E-state index < -0.39 is 5.97 Å². The third kappa shape index (κ3) is 30.6. The van der Waals surface area contributed by atoms with Crippen LogP contribution < -0.4 is 0 Å². The molecule has 0 aliphatic rings. The highest BCUT2D eigenvalue weighted by Gasteiger charge is 1.97. The van der Waals surface area contributed by atoms with E-state index in [9.17, 15) is 4.79 Å². The minimum Gasteiger partial charge on any atom is -0.460 e. The fraction of sp³-hybridized carbons (Fsp3) is 0.792. The molecule has 0 unspecified atom stereocenters. The topological polar surface area (TPSA) is 109 Å². The summed E-state index contributed by atoms with van der Waals surface area (Å²) in [6.07, 6.45) is 2.82. The maximum Gasteiger partial charge on any atom is 0.330 e. The van der Waals surface area contributed by atoms with Gasteiger partial charge in [-0.25, -0.2) is 4.79 Å². The van der Waals surface area contributed by atoms with Crippen LogP contribution in [0.3, 0.4) is 0 Å². The van der Waals surface area contributed by atoms with E-state index in [1.54, 1.807) is 6.08 Å². The summed E-state index contributed by atoms with van der Waals surface area (Å²) >= 11 is 0. The number of rotatable bonds is 30. The van der Waals surface area contributed by atoms with Crippen molar-refractivity contribution in [3.63, 3.8) is 0 Å². The summed E-state index contributed by atoms with van der Waals surface area (Å²) in [4.78, 5) is 10.8. The first-order valence-corrected chi connectivity index (χ1v) is 11.9. The number of hydrogen-bond donors (Lipinski definition) is 0. The molecule has 0 rings (SSSR count). The summed E-state index contributed by atoms with van der Waals surface area (Å²) in [5.74, 6) is -0.457. The van der Waals surface area contributed by atoms with Crippen molar-refractivity contribution in [2.24, 2.45) is 0 Å². The first kappa shape index (κ1) is 33.6. The molecular formula is C24H44O11. The molecule has 0 aliphatic carbocycles. The van der Waals surface area contributed by atoms with Gasteiger partial charge in [-0.15, -0.1) is 6.58 Å². The SMILES string of the molecule is C=CCOCCOCCOCCOCCOCCOCCOCCOCCOCCOC(=O)C=C. The molecule has 11 nitrogen and oxygen atoms in total. The highest BCUT2D eigenvalue weighted by atomic mass is 16.6. The van der Waals surface area contributed by atoms with E-state index >= 15 is 0 Å². The van der Waals surface area contributed by atoms with E-state index in [0.717, 1.165) is 6.08 Å². The molecule has 11 heteroatoms. The third-order valence-electron chi connectivity index (χ3n) is 3.85. The van der Waals surface area contributed by atoms with Crippen LogP contribution in [0.15, 0.2) is 25.3 Å². The van der Waals surface area contributed by atoms with E-state index in [0.29, 0.717) is 119 Å². The largest absolute Gasteiger partial charge is 0.460 e. The predicted molar refractivity (Wildman–Crippen MR) is 129 cm³/mol. The van der Waals surface area contributed by atoms with Crippen molar-refractivity contribution in [1.82, 2.24) is 0 Å². The van der Waals surface area contributed by atoms with Gasteiger partial charge in [-0.1, -0.05) is 12.7 Å². The molecule has 0 saturated carbocycles. The van der Waals surface area contributed by atoms with Crippen molar-refractivity contribution in [2.45, 2.75) is 0 Å². The first-order valence-electron chi connectivity index (χ1n) is 11.9. The average Bonchev–Trinajstić information content (AvgIpc) is 2.87. The Morgan fingerprint density at radius 2 is 0.686 bits per heavy atom. The van der Waals surface area contributed by atoms with Crippen LogP contribution in [0.1, 0.15) is 0 Å². The molecule has 0 spiro atoms. The Hall–Kier alpha value is -1.41. The van der Waals surface area contributed by atoms with Gasteiger partial charge >= 0.3 is 5.97 Å². The number of carbonyl (C=O) groups is 1. The highest BCUT2D eigenvalue weighted by molar-refractivity contribution is 5.81. The first-order chi connectivity index (χ1) is 17.3. The van der Waals surface area contributed by atoms with Crippen LogP contribution in [-0.2, 0) is 52.2 Å². The van der Waals surface area contributed by atoms with Gasteiger partial charge in [0.2, 0.25) is 0 Å². The molecule has 35 heavy (non-hydrogen) atoms. The summed E-state index contributed by atoms with van der Waals surface area (Å²) in [6.45, 7) is 16.0.